The molecule has 1 spiro atoms. The molecule has 3 aliphatic carbocycles. The van der Waals surface area contributed by atoms with Crippen molar-refractivity contribution in [2.24, 2.45) is 23.2 Å². The number of carbonyl (C=O) groups is 1. The van der Waals surface area contributed by atoms with Crippen molar-refractivity contribution < 1.29 is 9.53 Å². The van der Waals surface area contributed by atoms with Gasteiger partial charge in [0.05, 0.1) is 13.0 Å². The maximum absolute atomic E-state index is 11.5. The van der Waals surface area contributed by atoms with Crippen LogP contribution >= 0.6 is 0 Å². The van der Waals surface area contributed by atoms with Crippen molar-refractivity contribution in [3.05, 3.63) is 0 Å². The standard InChI is InChI=1S/C11H16O2/c1-13-10(12)8-6-7-2-3-9(8)11(7)4-5-11/h7-9H,2-6H2,1H3/t7-,8-,9+/m0/s1. The molecule has 0 radical (unpaired) electrons. The first-order valence-corrected chi connectivity index (χ1v) is 5.36. The van der Waals surface area contributed by atoms with Crippen molar-refractivity contribution in [1.29, 1.82) is 0 Å². The molecule has 0 aliphatic heterocycles. The van der Waals surface area contributed by atoms with E-state index in [1.807, 2.05) is 0 Å². The number of hydrogen-bond donors (Lipinski definition) is 0. The number of carbonyl (C=O) groups excluding carboxylic acids is 1. The highest BCUT2D eigenvalue weighted by Crippen LogP contribution is 2.72. The van der Waals surface area contributed by atoms with E-state index in [1.165, 1.54) is 32.8 Å². The molecular weight excluding hydrogens is 164 g/mol. The first-order chi connectivity index (χ1) is 6.28. The van der Waals surface area contributed by atoms with Crippen LogP contribution in [0, 0.1) is 23.2 Å². The van der Waals surface area contributed by atoms with E-state index >= 15 is 0 Å². The van der Waals surface area contributed by atoms with Gasteiger partial charge in [-0.2, -0.15) is 0 Å². The molecule has 0 aromatic rings. The van der Waals surface area contributed by atoms with Gasteiger partial charge >= 0.3 is 5.97 Å². The largest absolute Gasteiger partial charge is 0.469 e. The molecule has 0 aromatic heterocycles. The maximum Gasteiger partial charge on any atom is 0.308 e. The summed E-state index contributed by atoms with van der Waals surface area (Å²) in [7, 11) is 1.52. The van der Waals surface area contributed by atoms with E-state index in [4.69, 9.17) is 4.74 Å². The van der Waals surface area contributed by atoms with E-state index in [-0.39, 0.29) is 11.9 Å². The fraction of sp³-hybridized carbons (Fsp3) is 0.909. The highest BCUT2D eigenvalue weighted by molar-refractivity contribution is 5.73. The summed E-state index contributed by atoms with van der Waals surface area (Å²) in [5.74, 6) is 1.86. The molecule has 13 heavy (non-hydrogen) atoms. The van der Waals surface area contributed by atoms with Gasteiger partial charge < -0.3 is 4.74 Å². The Balaban J connectivity index is 1.85. The summed E-state index contributed by atoms with van der Waals surface area (Å²) in [6.07, 6.45) is 6.55. The SMILES string of the molecule is COC(=O)[C@H]1C[C@@H]2CC[C@H]1C21CC1. The predicted octanol–water partition coefficient (Wildman–Crippen LogP) is 1.99. The van der Waals surface area contributed by atoms with Crippen LogP contribution in [0.3, 0.4) is 0 Å². The van der Waals surface area contributed by atoms with Crippen LogP contribution < -0.4 is 0 Å². The van der Waals surface area contributed by atoms with Gasteiger partial charge in [0.15, 0.2) is 0 Å². The Morgan fingerprint density at radius 2 is 2.15 bits per heavy atom. The Morgan fingerprint density at radius 1 is 1.38 bits per heavy atom. The Morgan fingerprint density at radius 3 is 2.69 bits per heavy atom. The smallest absolute Gasteiger partial charge is 0.308 e. The van der Waals surface area contributed by atoms with Gasteiger partial charge in [0.25, 0.3) is 0 Å². The van der Waals surface area contributed by atoms with Gasteiger partial charge in [-0.1, -0.05) is 0 Å². The molecule has 3 atom stereocenters. The lowest BCUT2D eigenvalue weighted by molar-refractivity contribution is -0.147. The van der Waals surface area contributed by atoms with Crippen LogP contribution in [-0.2, 0) is 9.53 Å². The highest BCUT2D eigenvalue weighted by Gasteiger charge is 2.66. The second-order valence-electron chi connectivity index (χ2n) is 4.98. The van der Waals surface area contributed by atoms with Crippen molar-refractivity contribution in [3.63, 3.8) is 0 Å². The topological polar surface area (TPSA) is 26.3 Å². The number of esters is 1. The molecule has 0 heterocycles. The molecule has 3 saturated carbocycles. The Hall–Kier alpha value is -0.530. The van der Waals surface area contributed by atoms with Gasteiger partial charge in [0.1, 0.15) is 0 Å². The van der Waals surface area contributed by atoms with Crippen LogP contribution in [0.2, 0.25) is 0 Å². The van der Waals surface area contributed by atoms with Crippen LogP contribution in [-0.4, -0.2) is 13.1 Å². The minimum atomic E-state index is 0.0541. The van der Waals surface area contributed by atoms with Crippen molar-refractivity contribution in [2.45, 2.75) is 32.1 Å². The van der Waals surface area contributed by atoms with Crippen LogP contribution in [0.1, 0.15) is 32.1 Å². The maximum atomic E-state index is 11.5. The Bertz CT molecular complexity index is 255. The summed E-state index contributed by atoms with van der Waals surface area (Å²) < 4.78 is 4.87. The minimum absolute atomic E-state index is 0.0541. The van der Waals surface area contributed by atoms with Crippen LogP contribution in [0.15, 0.2) is 0 Å². The monoisotopic (exact) mass is 180 g/mol. The van der Waals surface area contributed by atoms with Crippen molar-refractivity contribution in [1.82, 2.24) is 0 Å². The first kappa shape index (κ1) is 7.84. The van der Waals surface area contributed by atoms with E-state index in [2.05, 4.69) is 0 Å². The molecule has 0 amide bonds. The molecular formula is C11H16O2. The fourth-order valence-corrected chi connectivity index (χ4v) is 4.02. The molecule has 72 valence electrons. The molecule has 3 rings (SSSR count). The lowest BCUT2D eigenvalue weighted by atomic mass is 9.87. The van der Waals surface area contributed by atoms with E-state index < -0.39 is 0 Å². The second-order valence-corrected chi connectivity index (χ2v) is 4.98. The highest BCUT2D eigenvalue weighted by atomic mass is 16.5. The molecule has 2 heteroatoms. The zero-order valence-electron chi connectivity index (χ0n) is 8.08. The van der Waals surface area contributed by atoms with Gasteiger partial charge in [-0.25, -0.2) is 0 Å². The lowest BCUT2D eigenvalue weighted by Crippen LogP contribution is -2.23. The van der Waals surface area contributed by atoms with Gasteiger partial charge in [-0.3, -0.25) is 4.79 Å². The molecule has 0 saturated heterocycles. The van der Waals surface area contributed by atoms with E-state index in [1.54, 1.807) is 0 Å². The molecule has 0 N–H and O–H groups in total. The number of rotatable bonds is 1. The third kappa shape index (κ3) is 0.818. The van der Waals surface area contributed by atoms with E-state index in [9.17, 15) is 4.79 Å². The summed E-state index contributed by atoms with van der Waals surface area (Å²) in [6.45, 7) is 0. The minimum Gasteiger partial charge on any atom is -0.469 e. The third-order valence-electron chi connectivity index (χ3n) is 4.73. The molecule has 0 unspecified atom stereocenters. The lowest BCUT2D eigenvalue weighted by Gasteiger charge is -2.19. The van der Waals surface area contributed by atoms with Crippen LogP contribution in [0.4, 0.5) is 0 Å². The molecule has 3 fully saturated rings. The van der Waals surface area contributed by atoms with E-state index in [0.717, 1.165) is 12.3 Å². The number of ether oxygens (including phenoxy) is 1. The molecule has 3 aliphatic rings. The summed E-state index contributed by atoms with van der Waals surface area (Å²) in [5, 5.41) is 0. The molecule has 0 aromatic carbocycles. The van der Waals surface area contributed by atoms with Crippen LogP contribution in [0.5, 0.6) is 0 Å². The normalized spacial score (nSPS) is 43.9. The van der Waals surface area contributed by atoms with Gasteiger partial charge in [0.2, 0.25) is 0 Å². The first-order valence-electron chi connectivity index (χ1n) is 5.36. The van der Waals surface area contributed by atoms with Crippen molar-refractivity contribution in [2.75, 3.05) is 7.11 Å². The predicted molar refractivity (Wildman–Crippen MR) is 48.0 cm³/mol. The quantitative estimate of drug-likeness (QED) is 0.577. The zero-order chi connectivity index (χ0) is 9.05. The number of methoxy groups -OCH3 is 1. The van der Waals surface area contributed by atoms with E-state index in [0.29, 0.717) is 11.3 Å². The average molecular weight is 180 g/mol. The summed E-state index contributed by atoms with van der Waals surface area (Å²) in [6, 6.07) is 0. The van der Waals surface area contributed by atoms with Gasteiger partial charge in [-0.15, -0.1) is 0 Å². The fourth-order valence-electron chi connectivity index (χ4n) is 4.02. The van der Waals surface area contributed by atoms with Crippen molar-refractivity contribution in [3.8, 4) is 0 Å². The Kier molecular flexibility index (Phi) is 1.38. The van der Waals surface area contributed by atoms with Crippen molar-refractivity contribution >= 4 is 5.97 Å². The zero-order valence-corrected chi connectivity index (χ0v) is 8.08. The van der Waals surface area contributed by atoms with Gasteiger partial charge in [0, 0.05) is 0 Å². The van der Waals surface area contributed by atoms with Gasteiger partial charge in [-0.05, 0) is 49.4 Å². The summed E-state index contributed by atoms with van der Waals surface area (Å²) >= 11 is 0. The Labute approximate surface area is 78.6 Å². The number of hydrogen-bond acceptors (Lipinski definition) is 2. The average Bonchev–Trinajstić information content (AvgIpc) is 2.82. The third-order valence-corrected chi connectivity index (χ3v) is 4.73. The second kappa shape index (κ2) is 2.28. The molecule has 2 nitrogen and oxygen atoms in total. The summed E-state index contributed by atoms with van der Waals surface area (Å²) in [4.78, 5) is 11.5. The summed E-state index contributed by atoms with van der Waals surface area (Å²) in [5.41, 5.74) is 0.624. The van der Waals surface area contributed by atoms with Crippen LogP contribution in [0.25, 0.3) is 0 Å². The molecule has 2 bridgehead atoms.